The van der Waals surface area contributed by atoms with Crippen LogP contribution < -0.4 is 14.6 Å². The largest absolute Gasteiger partial charge is 0.573 e. The average Bonchev–Trinajstić information content (AvgIpc) is 3.54. The number of hydrogen-bond donors (Lipinski definition) is 2. The van der Waals surface area contributed by atoms with Crippen LogP contribution in [0.25, 0.3) is 21.3 Å². The van der Waals surface area contributed by atoms with Crippen LogP contribution in [0.1, 0.15) is 27.6 Å². The maximum atomic E-state index is 13.8. The number of aromatic nitrogens is 4. The summed E-state index contributed by atoms with van der Waals surface area (Å²) in [4.78, 5) is 8.09. The molecule has 5 aromatic rings. The van der Waals surface area contributed by atoms with Crippen molar-refractivity contribution in [1.29, 1.82) is 0 Å². The van der Waals surface area contributed by atoms with E-state index >= 15 is 0 Å². The van der Waals surface area contributed by atoms with Gasteiger partial charge in [-0.05, 0) is 47.5 Å². The first-order chi connectivity index (χ1) is 20.1. The van der Waals surface area contributed by atoms with Crippen molar-refractivity contribution in [2.24, 2.45) is 5.14 Å². The maximum absolute atomic E-state index is 13.8. The lowest BCUT2D eigenvalue weighted by molar-refractivity contribution is -0.274. The number of thiazole rings is 1. The van der Waals surface area contributed by atoms with Gasteiger partial charge in [-0.15, -0.1) is 34.7 Å². The van der Waals surface area contributed by atoms with E-state index < -0.39 is 61.5 Å². The molecule has 0 spiro atoms. The summed E-state index contributed by atoms with van der Waals surface area (Å²) < 4.78 is 113. The van der Waals surface area contributed by atoms with Crippen molar-refractivity contribution in [2.75, 3.05) is 0 Å². The van der Waals surface area contributed by atoms with Crippen molar-refractivity contribution in [3.63, 3.8) is 0 Å². The van der Waals surface area contributed by atoms with Gasteiger partial charge in [-0.2, -0.15) is 17.5 Å². The second-order valence-electron chi connectivity index (χ2n) is 8.88. The van der Waals surface area contributed by atoms with Gasteiger partial charge in [0.2, 0.25) is 17.7 Å². The number of halogens is 4. The molecule has 12 nitrogen and oxygen atoms in total. The van der Waals surface area contributed by atoms with Crippen molar-refractivity contribution < 1.29 is 43.6 Å². The van der Waals surface area contributed by atoms with Gasteiger partial charge in [0.05, 0.1) is 22.5 Å². The van der Waals surface area contributed by atoms with E-state index in [1.165, 1.54) is 18.3 Å². The first kappa shape index (κ1) is 30.4. The quantitative estimate of drug-likeness (QED) is 0.166. The van der Waals surface area contributed by atoms with E-state index in [9.17, 15) is 34.4 Å². The lowest BCUT2D eigenvalue weighted by Crippen LogP contribution is -2.30. The molecule has 1 atom stereocenters. The number of ether oxygens (including phenoxy) is 1. The summed E-state index contributed by atoms with van der Waals surface area (Å²) in [5.74, 6) is -2.57. The molecule has 226 valence electrons. The van der Waals surface area contributed by atoms with E-state index in [-0.39, 0.29) is 16.5 Å². The van der Waals surface area contributed by atoms with E-state index in [0.29, 0.717) is 21.3 Å². The molecule has 3 N–H and O–H groups in total. The van der Waals surface area contributed by atoms with Crippen LogP contribution in [-0.4, -0.2) is 43.4 Å². The fraction of sp³-hybridized carbons (Fsp3) is 0.167. The second-order valence-corrected chi connectivity index (χ2v) is 13.4. The zero-order valence-corrected chi connectivity index (χ0v) is 23.8. The van der Waals surface area contributed by atoms with E-state index in [2.05, 4.69) is 24.9 Å². The predicted molar refractivity (Wildman–Crippen MR) is 145 cm³/mol. The Morgan fingerprint density at radius 3 is 2.37 bits per heavy atom. The van der Waals surface area contributed by atoms with Gasteiger partial charge in [0.1, 0.15) is 10.8 Å². The molecule has 3 aromatic heterocycles. The number of benzene rings is 2. The normalized spacial score (nSPS) is 13.3. The third-order valence-electron chi connectivity index (χ3n) is 5.71. The fourth-order valence-electron chi connectivity index (χ4n) is 3.90. The molecule has 0 aliphatic rings. The van der Waals surface area contributed by atoms with Gasteiger partial charge in [0.25, 0.3) is 10.2 Å². The molecule has 5 rings (SSSR count). The number of hydrogen-bond acceptors (Lipinski definition) is 11. The topological polar surface area (TPSA) is 180 Å². The van der Waals surface area contributed by atoms with Crippen molar-refractivity contribution in [3.05, 3.63) is 89.1 Å². The summed E-state index contributed by atoms with van der Waals surface area (Å²) in [5.41, 5.74) is 1.81. The summed E-state index contributed by atoms with van der Waals surface area (Å²) >= 11 is 0.996. The van der Waals surface area contributed by atoms with Gasteiger partial charge in [-0.3, -0.25) is 0 Å². The molecule has 0 saturated carbocycles. The number of nitrogens with one attached hydrogen (secondary N) is 1. The summed E-state index contributed by atoms with van der Waals surface area (Å²) in [6.07, 6.45) is -3.58. The first-order valence-electron chi connectivity index (χ1n) is 11.8. The molecule has 1 unspecified atom stereocenters. The number of fused-ring (bicyclic) bond motifs is 1. The van der Waals surface area contributed by atoms with Gasteiger partial charge >= 0.3 is 6.36 Å². The molecule has 0 amide bonds. The van der Waals surface area contributed by atoms with Crippen molar-refractivity contribution in [2.45, 2.75) is 23.9 Å². The number of rotatable bonds is 10. The molecule has 0 aliphatic carbocycles. The molecular formula is C24H18F4N6O6S3. The van der Waals surface area contributed by atoms with Gasteiger partial charge in [0, 0.05) is 11.8 Å². The molecule has 19 heteroatoms. The zero-order chi connectivity index (χ0) is 31.0. The maximum Gasteiger partial charge on any atom is 0.573 e. The monoisotopic (exact) mass is 658 g/mol. The second kappa shape index (κ2) is 11.6. The van der Waals surface area contributed by atoms with Gasteiger partial charge in [-0.25, -0.2) is 23.5 Å². The van der Waals surface area contributed by atoms with Crippen LogP contribution in [0.15, 0.2) is 65.2 Å². The number of pyridine rings is 1. The Bertz CT molecular complexity index is 1980. The van der Waals surface area contributed by atoms with Crippen LogP contribution in [0.5, 0.6) is 5.75 Å². The minimum Gasteiger partial charge on any atom is -0.422 e. The SMILES string of the molecule is NS(=O)(=O)NCc1nnc(C(c2nc3ccc(-c4ccc(F)nc4)cc3s2)S(=O)(=O)Cc2ccc(OC(F)(F)F)cc2)o1. The van der Waals surface area contributed by atoms with Crippen LogP contribution in [0.2, 0.25) is 0 Å². The molecule has 0 bridgehead atoms. The van der Waals surface area contributed by atoms with Crippen molar-refractivity contribution in [1.82, 2.24) is 24.9 Å². The third kappa shape index (κ3) is 7.68. The fourth-order valence-corrected chi connectivity index (χ4v) is 7.38. The molecule has 43 heavy (non-hydrogen) atoms. The molecule has 3 heterocycles. The summed E-state index contributed by atoms with van der Waals surface area (Å²) in [6.45, 7) is -0.520. The number of alkyl halides is 3. The molecule has 0 radical (unpaired) electrons. The van der Waals surface area contributed by atoms with E-state index in [1.807, 2.05) is 4.72 Å². The van der Waals surface area contributed by atoms with Crippen LogP contribution in [0.3, 0.4) is 0 Å². The van der Waals surface area contributed by atoms with E-state index in [4.69, 9.17) is 9.56 Å². The smallest absolute Gasteiger partial charge is 0.422 e. The summed E-state index contributed by atoms with van der Waals surface area (Å²) in [5, 5.41) is 10.8. The van der Waals surface area contributed by atoms with Gasteiger partial charge < -0.3 is 9.15 Å². The highest BCUT2D eigenvalue weighted by atomic mass is 32.2. The van der Waals surface area contributed by atoms with Crippen LogP contribution in [0.4, 0.5) is 17.6 Å². The van der Waals surface area contributed by atoms with Crippen LogP contribution >= 0.6 is 11.3 Å². The Morgan fingerprint density at radius 1 is 1.00 bits per heavy atom. The highest BCUT2D eigenvalue weighted by molar-refractivity contribution is 7.91. The molecule has 0 saturated heterocycles. The Hall–Kier alpha value is -4.04. The average molecular weight is 659 g/mol. The lowest BCUT2D eigenvalue weighted by atomic mass is 10.1. The van der Waals surface area contributed by atoms with Crippen LogP contribution in [-0.2, 0) is 32.3 Å². The first-order valence-corrected chi connectivity index (χ1v) is 15.9. The Kier molecular flexibility index (Phi) is 8.18. The Balaban J connectivity index is 1.52. The predicted octanol–water partition coefficient (Wildman–Crippen LogP) is 3.78. The zero-order valence-electron chi connectivity index (χ0n) is 21.3. The number of nitrogens with two attached hydrogens (primary N) is 1. The van der Waals surface area contributed by atoms with Crippen molar-refractivity contribution >= 4 is 41.6 Å². The summed E-state index contributed by atoms with van der Waals surface area (Å²) in [6, 6.07) is 12.0. The number of sulfone groups is 1. The number of nitrogens with zero attached hydrogens (tertiary/aromatic N) is 4. The Labute approximate surface area is 244 Å². The highest BCUT2D eigenvalue weighted by Crippen LogP contribution is 2.38. The van der Waals surface area contributed by atoms with E-state index in [0.717, 1.165) is 35.6 Å². The van der Waals surface area contributed by atoms with Gasteiger partial charge in [-0.1, -0.05) is 18.2 Å². The van der Waals surface area contributed by atoms with Crippen LogP contribution in [0, 0.1) is 5.95 Å². The minimum absolute atomic E-state index is 0.0241. The molecule has 0 aliphatic heterocycles. The Morgan fingerprint density at radius 2 is 1.72 bits per heavy atom. The molecule has 2 aromatic carbocycles. The highest BCUT2D eigenvalue weighted by Gasteiger charge is 2.37. The van der Waals surface area contributed by atoms with Crippen molar-refractivity contribution in [3.8, 4) is 16.9 Å². The van der Waals surface area contributed by atoms with E-state index in [1.54, 1.807) is 18.2 Å². The lowest BCUT2D eigenvalue weighted by Gasteiger charge is -2.13. The molecular weight excluding hydrogens is 640 g/mol. The standard InChI is InChI=1S/C24H18F4N6O6S3/c25-19-8-4-15(10-30-19)14-3-7-17-18(9-14)41-23(32-17)21(22-34-33-20(39-22)11-31-43(29,37)38)42(35,36)12-13-1-5-16(6-2-13)40-24(26,27)28/h1-10,21,31H,11-12H2,(H2,29,37,38). The van der Waals surface area contributed by atoms with Gasteiger partial charge in [0.15, 0.2) is 15.1 Å². The minimum atomic E-state index is -4.92. The molecule has 0 fully saturated rings. The third-order valence-corrected chi connectivity index (χ3v) is 9.36. The summed E-state index contributed by atoms with van der Waals surface area (Å²) in [7, 11) is -8.43.